The molecule has 0 unspecified atom stereocenters. The molecule has 0 fully saturated rings. The van der Waals surface area contributed by atoms with Crippen molar-refractivity contribution in [1.29, 1.82) is 0 Å². The van der Waals surface area contributed by atoms with Crippen molar-refractivity contribution in [2.24, 2.45) is 0 Å². The van der Waals surface area contributed by atoms with Gasteiger partial charge in [-0.3, -0.25) is 9.63 Å². The predicted molar refractivity (Wildman–Crippen MR) is 67.4 cm³/mol. The van der Waals surface area contributed by atoms with Crippen LogP contribution in [0.1, 0.15) is 12.5 Å². The van der Waals surface area contributed by atoms with Gasteiger partial charge in [-0.1, -0.05) is 29.8 Å². The lowest BCUT2D eigenvalue weighted by atomic mass is 10.2. The summed E-state index contributed by atoms with van der Waals surface area (Å²) in [4.78, 5) is 16.0. The van der Waals surface area contributed by atoms with Crippen molar-refractivity contribution in [2.45, 2.75) is 12.7 Å². The molecule has 0 saturated heterocycles. The van der Waals surface area contributed by atoms with E-state index in [-0.39, 0.29) is 5.91 Å². The van der Waals surface area contributed by atoms with E-state index in [0.29, 0.717) is 12.4 Å². The van der Waals surface area contributed by atoms with Gasteiger partial charge in [-0.15, -0.1) is 11.8 Å². The van der Waals surface area contributed by atoms with E-state index < -0.39 is 0 Å². The second kappa shape index (κ2) is 7.54. The summed E-state index contributed by atoms with van der Waals surface area (Å²) in [6, 6.07) is 7.62. The van der Waals surface area contributed by atoms with Crippen LogP contribution in [0.4, 0.5) is 0 Å². The lowest BCUT2D eigenvalue weighted by molar-refractivity contribution is -0.130. The molecule has 16 heavy (non-hydrogen) atoms. The minimum atomic E-state index is -0.126. The van der Waals surface area contributed by atoms with Gasteiger partial charge in [-0.2, -0.15) is 0 Å². The second-order valence-electron chi connectivity index (χ2n) is 3.04. The maximum Gasteiger partial charge on any atom is 0.253 e. The molecule has 0 heterocycles. The molecular formula is C11H14ClNO2S. The van der Waals surface area contributed by atoms with Crippen molar-refractivity contribution >= 4 is 29.3 Å². The molecule has 0 atom stereocenters. The zero-order valence-corrected chi connectivity index (χ0v) is 10.6. The van der Waals surface area contributed by atoms with E-state index in [1.165, 1.54) is 11.8 Å². The number of halogens is 1. The Kier molecular flexibility index (Phi) is 6.30. The molecule has 0 spiro atoms. The highest BCUT2D eigenvalue weighted by atomic mass is 35.5. The van der Waals surface area contributed by atoms with E-state index >= 15 is 0 Å². The maximum atomic E-state index is 11.2. The number of amides is 1. The summed E-state index contributed by atoms with van der Waals surface area (Å²) in [6.07, 6.45) is 0. The van der Waals surface area contributed by atoms with Gasteiger partial charge >= 0.3 is 0 Å². The first kappa shape index (κ1) is 13.4. The van der Waals surface area contributed by atoms with Gasteiger partial charge in [0.2, 0.25) is 0 Å². The first-order valence-electron chi connectivity index (χ1n) is 4.95. The number of rotatable bonds is 6. The quantitative estimate of drug-likeness (QED) is 0.799. The molecule has 1 amide bonds. The van der Waals surface area contributed by atoms with E-state index in [0.717, 1.165) is 16.3 Å². The topological polar surface area (TPSA) is 38.3 Å². The van der Waals surface area contributed by atoms with Gasteiger partial charge in [0.25, 0.3) is 5.91 Å². The van der Waals surface area contributed by atoms with Gasteiger partial charge < -0.3 is 0 Å². The van der Waals surface area contributed by atoms with Crippen molar-refractivity contribution < 1.29 is 9.63 Å². The van der Waals surface area contributed by atoms with E-state index in [1.54, 1.807) is 0 Å². The first-order chi connectivity index (χ1) is 7.74. The minimum absolute atomic E-state index is 0.126. The molecule has 1 aromatic rings. The third kappa shape index (κ3) is 4.88. The molecule has 1 N–H and O–H groups in total. The number of carbonyl (C=O) groups is 1. The fourth-order valence-corrected chi connectivity index (χ4v) is 2.15. The first-order valence-corrected chi connectivity index (χ1v) is 6.49. The molecule has 0 aliphatic rings. The molecule has 3 nitrogen and oxygen atoms in total. The molecule has 0 aliphatic heterocycles. The van der Waals surface area contributed by atoms with Gasteiger partial charge in [0.1, 0.15) is 0 Å². The summed E-state index contributed by atoms with van der Waals surface area (Å²) < 4.78 is 0. The zero-order chi connectivity index (χ0) is 11.8. The van der Waals surface area contributed by atoms with E-state index in [2.05, 4.69) is 5.48 Å². The Bertz CT molecular complexity index is 347. The van der Waals surface area contributed by atoms with Crippen molar-refractivity contribution in [1.82, 2.24) is 5.48 Å². The van der Waals surface area contributed by atoms with Crippen LogP contribution >= 0.6 is 23.4 Å². The van der Waals surface area contributed by atoms with Crippen molar-refractivity contribution in [2.75, 3.05) is 12.4 Å². The Hall–Kier alpha value is -0.710. The van der Waals surface area contributed by atoms with Crippen LogP contribution in [-0.4, -0.2) is 18.3 Å². The highest BCUT2D eigenvalue weighted by molar-refractivity contribution is 7.99. The van der Waals surface area contributed by atoms with Crippen LogP contribution in [0.25, 0.3) is 0 Å². The Morgan fingerprint density at radius 2 is 2.25 bits per heavy atom. The number of hydrogen-bond acceptors (Lipinski definition) is 3. The molecule has 0 bridgehead atoms. The Labute approximate surface area is 104 Å². The predicted octanol–water partition coefficient (Wildman–Crippen LogP) is 2.64. The summed E-state index contributed by atoms with van der Waals surface area (Å²) in [5.41, 5.74) is 3.38. The van der Waals surface area contributed by atoms with Crippen LogP contribution in [0.5, 0.6) is 0 Å². The summed E-state index contributed by atoms with van der Waals surface area (Å²) in [7, 11) is 0. The largest absolute Gasteiger partial charge is 0.274 e. The van der Waals surface area contributed by atoms with Gasteiger partial charge in [0, 0.05) is 10.8 Å². The van der Waals surface area contributed by atoms with E-state index in [9.17, 15) is 4.79 Å². The fraction of sp³-hybridized carbons (Fsp3) is 0.364. The maximum absolute atomic E-state index is 11.2. The standard InChI is InChI=1S/C11H14ClNO2S/c1-2-15-13-11(14)8-16-7-9-5-3-4-6-10(9)12/h3-6H,2,7-8H2,1H3,(H,13,14). The monoisotopic (exact) mass is 259 g/mol. The molecule has 0 aromatic heterocycles. The Morgan fingerprint density at radius 3 is 2.94 bits per heavy atom. The molecule has 0 saturated carbocycles. The third-order valence-corrected chi connectivity index (χ3v) is 3.13. The van der Waals surface area contributed by atoms with Gasteiger partial charge in [-0.25, -0.2) is 5.48 Å². The number of carbonyl (C=O) groups excluding carboxylic acids is 1. The third-order valence-electron chi connectivity index (χ3n) is 1.78. The Morgan fingerprint density at radius 1 is 1.50 bits per heavy atom. The van der Waals surface area contributed by atoms with E-state index in [4.69, 9.17) is 16.4 Å². The van der Waals surface area contributed by atoms with Crippen LogP contribution in [0.2, 0.25) is 5.02 Å². The summed E-state index contributed by atoms with van der Waals surface area (Å²) in [6.45, 7) is 2.29. The van der Waals surface area contributed by atoms with Crippen molar-refractivity contribution in [3.63, 3.8) is 0 Å². The number of benzene rings is 1. The van der Waals surface area contributed by atoms with Crippen LogP contribution in [0, 0.1) is 0 Å². The average molecular weight is 260 g/mol. The molecule has 88 valence electrons. The van der Waals surface area contributed by atoms with E-state index in [1.807, 2.05) is 31.2 Å². The summed E-state index contributed by atoms with van der Waals surface area (Å²) in [5, 5.41) is 0.736. The molecule has 1 rings (SSSR count). The minimum Gasteiger partial charge on any atom is -0.274 e. The van der Waals surface area contributed by atoms with Gasteiger partial charge in [0.05, 0.1) is 12.4 Å². The number of hydrogen-bond donors (Lipinski definition) is 1. The number of thioether (sulfide) groups is 1. The van der Waals surface area contributed by atoms with Crippen LogP contribution < -0.4 is 5.48 Å². The van der Waals surface area contributed by atoms with Gasteiger partial charge in [0.15, 0.2) is 0 Å². The van der Waals surface area contributed by atoms with Crippen LogP contribution in [0.15, 0.2) is 24.3 Å². The number of hydroxylamine groups is 1. The van der Waals surface area contributed by atoms with Crippen molar-refractivity contribution in [3.05, 3.63) is 34.9 Å². The summed E-state index contributed by atoms with van der Waals surface area (Å²) in [5.74, 6) is 0.962. The number of nitrogens with one attached hydrogen (secondary N) is 1. The Balaban J connectivity index is 2.25. The molecule has 0 aliphatic carbocycles. The fourth-order valence-electron chi connectivity index (χ4n) is 1.05. The smallest absolute Gasteiger partial charge is 0.253 e. The molecule has 5 heteroatoms. The summed E-state index contributed by atoms with van der Waals surface area (Å²) >= 11 is 7.49. The highest BCUT2D eigenvalue weighted by Gasteiger charge is 2.03. The lowest BCUT2D eigenvalue weighted by Crippen LogP contribution is -2.25. The molecule has 0 radical (unpaired) electrons. The molecular weight excluding hydrogens is 246 g/mol. The van der Waals surface area contributed by atoms with Crippen LogP contribution in [-0.2, 0) is 15.4 Å². The molecule has 1 aromatic carbocycles. The van der Waals surface area contributed by atoms with Crippen LogP contribution in [0.3, 0.4) is 0 Å². The van der Waals surface area contributed by atoms with Gasteiger partial charge in [-0.05, 0) is 18.6 Å². The lowest BCUT2D eigenvalue weighted by Gasteiger charge is -2.05. The second-order valence-corrected chi connectivity index (χ2v) is 4.44. The zero-order valence-electron chi connectivity index (χ0n) is 9.03. The van der Waals surface area contributed by atoms with Crippen molar-refractivity contribution in [3.8, 4) is 0 Å². The normalized spacial score (nSPS) is 10.1. The average Bonchev–Trinajstić information content (AvgIpc) is 2.29. The SMILES string of the molecule is CCONC(=O)CSCc1ccccc1Cl. The highest BCUT2D eigenvalue weighted by Crippen LogP contribution is 2.20.